The Balaban J connectivity index is 1.59. The van der Waals surface area contributed by atoms with Crippen molar-refractivity contribution in [3.63, 3.8) is 0 Å². The number of hydrogen-bond acceptors (Lipinski definition) is 3. The van der Waals surface area contributed by atoms with Crippen molar-refractivity contribution in [3.8, 4) is 6.07 Å². The van der Waals surface area contributed by atoms with E-state index in [9.17, 15) is 4.39 Å². The van der Waals surface area contributed by atoms with E-state index in [4.69, 9.17) is 5.26 Å². The van der Waals surface area contributed by atoms with Gasteiger partial charge < -0.3 is 10.2 Å². The molecule has 2 fully saturated rings. The molecule has 0 aliphatic carbocycles. The van der Waals surface area contributed by atoms with E-state index < -0.39 is 0 Å². The normalized spacial score (nSPS) is 22.0. The van der Waals surface area contributed by atoms with Crippen molar-refractivity contribution in [2.75, 3.05) is 33.2 Å². The topological polar surface area (TPSA) is 54.7 Å². The molecule has 0 radical (unpaired) electrons. The second kappa shape index (κ2) is 7.63. The Morgan fingerprint density at radius 1 is 1.38 bits per heavy atom. The molecule has 1 N–H and O–H groups in total. The molecule has 2 saturated heterocycles. The lowest BCUT2D eigenvalue weighted by atomic mass is 10.1. The summed E-state index contributed by atoms with van der Waals surface area (Å²) in [6.45, 7) is 4.69. The van der Waals surface area contributed by atoms with Crippen LogP contribution in [-0.2, 0) is 6.54 Å². The highest BCUT2D eigenvalue weighted by molar-refractivity contribution is 5.80. The smallest absolute Gasteiger partial charge is 0.193 e. The summed E-state index contributed by atoms with van der Waals surface area (Å²) in [5.74, 6) is 0.506. The van der Waals surface area contributed by atoms with E-state index >= 15 is 0 Å². The fourth-order valence-corrected chi connectivity index (χ4v) is 3.63. The Morgan fingerprint density at radius 2 is 2.17 bits per heavy atom. The van der Waals surface area contributed by atoms with Crippen LogP contribution in [0.3, 0.4) is 0 Å². The maximum absolute atomic E-state index is 13.9. The number of halogens is 1. The summed E-state index contributed by atoms with van der Waals surface area (Å²) in [5, 5.41) is 12.2. The molecule has 2 heterocycles. The van der Waals surface area contributed by atoms with Gasteiger partial charge in [-0.2, -0.15) is 5.26 Å². The molecule has 2 aliphatic heterocycles. The molecular weight excluding hydrogens is 305 g/mol. The van der Waals surface area contributed by atoms with Crippen molar-refractivity contribution < 1.29 is 4.39 Å². The Bertz CT molecular complexity index is 645. The standard InChI is InChI=1S/C18H24FN5/c1-21-18(22-12-15-10-14(11-20)4-5-17(15)19)24-9-6-16(13-24)23-7-2-3-8-23/h4-5,10,16H,2-3,6-9,12-13H2,1H3,(H,21,22). The zero-order chi connectivity index (χ0) is 16.9. The lowest BCUT2D eigenvalue weighted by molar-refractivity contribution is 0.249. The van der Waals surface area contributed by atoms with Crippen LogP contribution in [0.1, 0.15) is 30.4 Å². The van der Waals surface area contributed by atoms with E-state index in [0.717, 1.165) is 25.5 Å². The maximum Gasteiger partial charge on any atom is 0.193 e. The highest BCUT2D eigenvalue weighted by Crippen LogP contribution is 2.20. The molecule has 0 amide bonds. The number of aliphatic imine (C=N–C) groups is 1. The molecule has 1 aromatic rings. The van der Waals surface area contributed by atoms with Crippen molar-refractivity contribution in [2.45, 2.75) is 31.8 Å². The van der Waals surface area contributed by atoms with E-state index in [2.05, 4.69) is 20.1 Å². The summed E-state index contributed by atoms with van der Waals surface area (Å²) >= 11 is 0. The van der Waals surface area contributed by atoms with E-state index in [0.29, 0.717) is 23.7 Å². The fraction of sp³-hybridized carbons (Fsp3) is 0.556. The molecule has 1 atom stereocenters. The number of likely N-dealkylation sites (tertiary alicyclic amines) is 2. The number of nitrogens with one attached hydrogen (secondary N) is 1. The number of nitriles is 1. The third-order valence-corrected chi connectivity index (χ3v) is 4.94. The number of guanidine groups is 1. The van der Waals surface area contributed by atoms with Gasteiger partial charge in [-0.1, -0.05) is 0 Å². The minimum atomic E-state index is -0.298. The van der Waals surface area contributed by atoms with Crippen LogP contribution in [0.5, 0.6) is 0 Å². The van der Waals surface area contributed by atoms with Gasteiger partial charge in [-0.05, 0) is 50.6 Å². The number of nitrogens with zero attached hydrogens (tertiary/aromatic N) is 4. The molecule has 0 spiro atoms. The average molecular weight is 329 g/mol. The summed E-state index contributed by atoms with van der Waals surface area (Å²) < 4.78 is 13.9. The van der Waals surface area contributed by atoms with Gasteiger partial charge in [0.1, 0.15) is 5.82 Å². The third-order valence-electron chi connectivity index (χ3n) is 4.94. The van der Waals surface area contributed by atoms with Gasteiger partial charge in [0.05, 0.1) is 11.6 Å². The first-order chi connectivity index (χ1) is 11.7. The van der Waals surface area contributed by atoms with E-state index in [-0.39, 0.29) is 5.82 Å². The number of hydrogen-bond donors (Lipinski definition) is 1. The Kier molecular flexibility index (Phi) is 5.31. The zero-order valence-corrected chi connectivity index (χ0v) is 14.1. The minimum Gasteiger partial charge on any atom is -0.352 e. The summed E-state index contributed by atoms with van der Waals surface area (Å²) in [5.41, 5.74) is 0.962. The van der Waals surface area contributed by atoms with Gasteiger partial charge >= 0.3 is 0 Å². The first-order valence-electron chi connectivity index (χ1n) is 8.59. The molecule has 0 saturated carbocycles. The van der Waals surface area contributed by atoms with Gasteiger partial charge in [0.2, 0.25) is 0 Å². The van der Waals surface area contributed by atoms with Crippen molar-refractivity contribution >= 4 is 5.96 Å². The Hall–Kier alpha value is -2.13. The summed E-state index contributed by atoms with van der Waals surface area (Å²) in [7, 11) is 1.76. The molecule has 0 bridgehead atoms. The quantitative estimate of drug-likeness (QED) is 0.680. The third kappa shape index (κ3) is 3.68. The van der Waals surface area contributed by atoms with Crippen LogP contribution in [0.15, 0.2) is 23.2 Å². The van der Waals surface area contributed by atoms with E-state index in [1.54, 1.807) is 13.1 Å². The minimum absolute atomic E-state index is 0.298. The van der Waals surface area contributed by atoms with Gasteiger partial charge in [-0.15, -0.1) is 0 Å². The van der Waals surface area contributed by atoms with Gasteiger partial charge in [-0.25, -0.2) is 4.39 Å². The summed E-state index contributed by atoms with van der Waals surface area (Å²) in [6.07, 6.45) is 3.76. The molecule has 3 rings (SSSR count). The number of benzene rings is 1. The van der Waals surface area contributed by atoms with E-state index in [1.807, 2.05) is 6.07 Å². The summed E-state index contributed by atoms with van der Waals surface area (Å²) in [4.78, 5) is 9.16. The Labute approximate surface area is 142 Å². The first-order valence-corrected chi connectivity index (χ1v) is 8.59. The molecule has 2 aliphatic rings. The molecule has 5 nitrogen and oxygen atoms in total. The van der Waals surface area contributed by atoms with Gasteiger partial charge in [-0.3, -0.25) is 9.89 Å². The van der Waals surface area contributed by atoms with Crippen LogP contribution in [-0.4, -0.2) is 55.0 Å². The SMILES string of the molecule is CN=C(NCc1cc(C#N)ccc1F)N1CCC(N2CCCC2)C1. The second-order valence-electron chi connectivity index (χ2n) is 6.45. The predicted octanol–water partition coefficient (Wildman–Crippen LogP) is 1.94. The van der Waals surface area contributed by atoms with Gasteiger partial charge in [0.25, 0.3) is 0 Å². The van der Waals surface area contributed by atoms with Crippen LogP contribution in [0.2, 0.25) is 0 Å². The summed E-state index contributed by atoms with van der Waals surface area (Å²) in [6, 6.07) is 7.08. The highest BCUT2D eigenvalue weighted by atomic mass is 19.1. The monoisotopic (exact) mass is 329 g/mol. The molecule has 0 aromatic heterocycles. The first kappa shape index (κ1) is 16.7. The second-order valence-corrected chi connectivity index (χ2v) is 6.45. The highest BCUT2D eigenvalue weighted by Gasteiger charge is 2.30. The lowest BCUT2D eigenvalue weighted by Gasteiger charge is -2.25. The van der Waals surface area contributed by atoms with E-state index in [1.165, 1.54) is 38.1 Å². The lowest BCUT2D eigenvalue weighted by Crippen LogP contribution is -2.42. The zero-order valence-electron chi connectivity index (χ0n) is 14.1. The fourth-order valence-electron chi connectivity index (χ4n) is 3.63. The van der Waals surface area contributed by atoms with Gasteiger partial charge in [0, 0.05) is 38.3 Å². The Morgan fingerprint density at radius 3 is 2.88 bits per heavy atom. The average Bonchev–Trinajstić information content (AvgIpc) is 3.28. The molecule has 1 aromatic carbocycles. The van der Waals surface area contributed by atoms with Crippen LogP contribution in [0.4, 0.5) is 4.39 Å². The molecule has 6 heteroatoms. The molecule has 1 unspecified atom stereocenters. The maximum atomic E-state index is 13.9. The largest absolute Gasteiger partial charge is 0.352 e. The van der Waals surface area contributed by atoms with Crippen LogP contribution < -0.4 is 5.32 Å². The molecular formula is C18H24FN5. The van der Waals surface area contributed by atoms with Crippen LogP contribution in [0.25, 0.3) is 0 Å². The van der Waals surface area contributed by atoms with Crippen LogP contribution >= 0.6 is 0 Å². The predicted molar refractivity (Wildman–Crippen MR) is 92.1 cm³/mol. The van der Waals surface area contributed by atoms with Gasteiger partial charge in [0.15, 0.2) is 5.96 Å². The van der Waals surface area contributed by atoms with Crippen molar-refractivity contribution in [3.05, 3.63) is 35.1 Å². The molecule has 128 valence electrons. The van der Waals surface area contributed by atoms with Crippen molar-refractivity contribution in [1.82, 2.24) is 15.1 Å². The number of rotatable bonds is 3. The molecule has 24 heavy (non-hydrogen) atoms. The van der Waals surface area contributed by atoms with Crippen LogP contribution in [0, 0.1) is 17.1 Å². The van der Waals surface area contributed by atoms with Crippen molar-refractivity contribution in [2.24, 2.45) is 4.99 Å². The van der Waals surface area contributed by atoms with Crippen molar-refractivity contribution in [1.29, 1.82) is 5.26 Å².